The fraction of sp³-hybridized carbons (Fsp3) is 0.222. The number of sulfonamides is 1. The lowest BCUT2D eigenvalue weighted by atomic mass is 10.3. The molecule has 0 spiro atoms. The van der Waals surface area contributed by atoms with Crippen LogP contribution in [-0.4, -0.2) is 38.3 Å². The van der Waals surface area contributed by atoms with Gasteiger partial charge in [0, 0.05) is 5.69 Å². The van der Waals surface area contributed by atoms with E-state index < -0.39 is 10.0 Å². The molecule has 8 nitrogen and oxygen atoms in total. The first-order valence-electron chi connectivity index (χ1n) is 8.31. The molecular weight excluding hydrogens is 402 g/mol. The van der Waals surface area contributed by atoms with Crippen LogP contribution in [0.4, 0.5) is 11.4 Å². The normalized spacial score (nSPS) is 10.9. The molecule has 2 rings (SSSR count). The number of hydrogen-bond donors (Lipinski definition) is 3. The van der Waals surface area contributed by atoms with Crippen molar-refractivity contribution in [1.29, 1.82) is 0 Å². The van der Waals surface area contributed by atoms with E-state index in [1.165, 1.54) is 24.3 Å². The van der Waals surface area contributed by atoms with E-state index in [2.05, 4.69) is 10.6 Å². The van der Waals surface area contributed by atoms with Crippen molar-refractivity contribution < 1.29 is 22.7 Å². The van der Waals surface area contributed by atoms with E-state index in [0.717, 1.165) is 11.8 Å². The average Bonchev–Trinajstić information content (AvgIpc) is 2.63. The minimum absolute atomic E-state index is 0.0381. The van der Waals surface area contributed by atoms with Crippen LogP contribution in [0.1, 0.15) is 6.92 Å². The van der Waals surface area contributed by atoms with Gasteiger partial charge in [-0.3, -0.25) is 9.59 Å². The van der Waals surface area contributed by atoms with Gasteiger partial charge in [-0.05, 0) is 43.3 Å². The van der Waals surface area contributed by atoms with Crippen LogP contribution < -0.4 is 20.5 Å². The first-order valence-corrected chi connectivity index (χ1v) is 11.0. The molecule has 0 aliphatic heterocycles. The summed E-state index contributed by atoms with van der Waals surface area (Å²) < 4.78 is 27.8. The van der Waals surface area contributed by atoms with Crippen molar-refractivity contribution in [1.82, 2.24) is 0 Å². The molecule has 28 heavy (non-hydrogen) atoms. The topological polar surface area (TPSA) is 128 Å². The molecule has 0 fully saturated rings. The molecule has 0 heterocycles. The summed E-state index contributed by atoms with van der Waals surface area (Å²) in [6.45, 7) is 2.34. The van der Waals surface area contributed by atoms with Gasteiger partial charge in [-0.25, -0.2) is 13.6 Å². The number of carbonyl (C=O) groups excluding carboxylic acids is 2. The lowest BCUT2D eigenvalue weighted by Gasteiger charge is -2.11. The highest BCUT2D eigenvalue weighted by atomic mass is 32.2. The Balaban J connectivity index is 1.78. The van der Waals surface area contributed by atoms with Crippen LogP contribution in [0.3, 0.4) is 0 Å². The number of hydrogen-bond acceptors (Lipinski definition) is 6. The van der Waals surface area contributed by atoms with Gasteiger partial charge in [-0.15, -0.1) is 11.8 Å². The van der Waals surface area contributed by atoms with Crippen LogP contribution in [0.25, 0.3) is 0 Å². The second-order valence-electron chi connectivity index (χ2n) is 5.59. The number of para-hydroxylation sites is 2. The minimum Gasteiger partial charge on any atom is -0.492 e. The van der Waals surface area contributed by atoms with Crippen LogP contribution >= 0.6 is 11.8 Å². The molecule has 0 radical (unpaired) electrons. The standard InChI is InChI=1S/C18H21N3O5S2/c1-2-26-16-6-4-3-5-15(16)21-18(23)12-27-11-17(22)20-13-7-9-14(10-8-13)28(19,24)25/h3-10H,2,11-12H2,1H3,(H,20,22)(H,21,23)(H2,19,24,25). The van der Waals surface area contributed by atoms with Crippen molar-refractivity contribution in [2.45, 2.75) is 11.8 Å². The molecule has 2 aromatic rings. The fourth-order valence-corrected chi connectivity index (χ4v) is 3.33. The van der Waals surface area contributed by atoms with E-state index in [-0.39, 0.29) is 28.2 Å². The van der Waals surface area contributed by atoms with E-state index in [4.69, 9.17) is 9.88 Å². The van der Waals surface area contributed by atoms with Gasteiger partial charge in [-0.1, -0.05) is 12.1 Å². The Morgan fingerprint density at radius 1 is 1.00 bits per heavy atom. The van der Waals surface area contributed by atoms with E-state index in [0.29, 0.717) is 23.7 Å². The number of rotatable bonds is 9. The molecule has 150 valence electrons. The van der Waals surface area contributed by atoms with E-state index in [1.54, 1.807) is 18.2 Å². The van der Waals surface area contributed by atoms with Gasteiger partial charge in [0.15, 0.2) is 0 Å². The second kappa shape index (κ2) is 10.1. The lowest BCUT2D eigenvalue weighted by molar-refractivity contribution is -0.114. The number of benzene rings is 2. The Morgan fingerprint density at radius 2 is 1.61 bits per heavy atom. The predicted octanol–water partition coefficient (Wildman–Crippen LogP) is 2.04. The van der Waals surface area contributed by atoms with Crippen LogP contribution in [-0.2, 0) is 19.6 Å². The maximum Gasteiger partial charge on any atom is 0.238 e. The smallest absolute Gasteiger partial charge is 0.238 e. The molecule has 0 atom stereocenters. The van der Waals surface area contributed by atoms with Crippen LogP contribution in [0.5, 0.6) is 5.75 Å². The number of nitrogens with one attached hydrogen (secondary N) is 2. The summed E-state index contributed by atoms with van der Waals surface area (Å²) in [7, 11) is -3.77. The number of ether oxygens (including phenoxy) is 1. The lowest BCUT2D eigenvalue weighted by Crippen LogP contribution is -2.19. The summed E-state index contributed by atoms with van der Waals surface area (Å²) in [5.74, 6) is 0.192. The Kier molecular flexibility index (Phi) is 7.85. The van der Waals surface area contributed by atoms with Gasteiger partial charge >= 0.3 is 0 Å². The third-order valence-corrected chi connectivity index (χ3v) is 5.26. The Hall–Kier alpha value is -2.56. The molecule has 2 aromatic carbocycles. The first-order chi connectivity index (χ1) is 13.3. The van der Waals surface area contributed by atoms with Crippen LogP contribution in [0.2, 0.25) is 0 Å². The molecule has 0 aliphatic rings. The second-order valence-corrected chi connectivity index (χ2v) is 8.13. The number of nitrogens with two attached hydrogens (primary N) is 1. The zero-order valence-electron chi connectivity index (χ0n) is 15.2. The van der Waals surface area contributed by atoms with Crippen LogP contribution in [0.15, 0.2) is 53.4 Å². The Morgan fingerprint density at radius 3 is 2.21 bits per heavy atom. The molecule has 10 heteroatoms. The quantitative estimate of drug-likeness (QED) is 0.566. The molecule has 0 saturated carbocycles. The molecule has 0 aliphatic carbocycles. The van der Waals surface area contributed by atoms with Crippen molar-refractivity contribution in [2.75, 3.05) is 28.7 Å². The van der Waals surface area contributed by atoms with E-state index >= 15 is 0 Å². The highest BCUT2D eigenvalue weighted by Gasteiger charge is 2.10. The fourth-order valence-electron chi connectivity index (χ4n) is 2.20. The predicted molar refractivity (Wildman–Crippen MR) is 110 cm³/mol. The summed E-state index contributed by atoms with van der Waals surface area (Å²) in [6.07, 6.45) is 0. The molecule has 0 aromatic heterocycles. The largest absolute Gasteiger partial charge is 0.492 e. The Bertz CT molecular complexity index is 930. The zero-order valence-corrected chi connectivity index (χ0v) is 16.8. The highest BCUT2D eigenvalue weighted by molar-refractivity contribution is 8.00. The third kappa shape index (κ3) is 6.87. The number of primary sulfonamides is 1. The summed E-state index contributed by atoms with van der Waals surface area (Å²) in [4.78, 5) is 24.0. The number of amides is 2. The molecular formula is C18H21N3O5S2. The van der Waals surface area contributed by atoms with Gasteiger partial charge in [-0.2, -0.15) is 0 Å². The monoisotopic (exact) mass is 423 g/mol. The maximum absolute atomic E-state index is 12.1. The third-order valence-electron chi connectivity index (χ3n) is 3.39. The summed E-state index contributed by atoms with van der Waals surface area (Å²) >= 11 is 1.15. The zero-order chi connectivity index (χ0) is 20.6. The first kappa shape index (κ1) is 21.7. The Labute approximate surface area is 167 Å². The van der Waals surface area contributed by atoms with Gasteiger partial charge in [0.1, 0.15) is 5.75 Å². The highest BCUT2D eigenvalue weighted by Crippen LogP contribution is 2.23. The van der Waals surface area contributed by atoms with Crippen molar-refractivity contribution >= 4 is 45.0 Å². The molecule has 4 N–H and O–H groups in total. The van der Waals surface area contributed by atoms with Crippen molar-refractivity contribution in [3.05, 3.63) is 48.5 Å². The summed E-state index contributed by atoms with van der Waals surface area (Å²) in [6, 6.07) is 12.6. The molecule has 2 amide bonds. The average molecular weight is 424 g/mol. The van der Waals surface area contributed by atoms with Crippen LogP contribution in [0, 0.1) is 0 Å². The van der Waals surface area contributed by atoms with Crippen molar-refractivity contribution in [3.8, 4) is 5.75 Å². The maximum atomic E-state index is 12.1. The SMILES string of the molecule is CCOc1ccccc1NC(=O)CSCC(=O)Nc1ccc(S(N)(=O)=O)cc1. The molecule has 0 saturated heterocycles. The summed E-state index contributed by atoms with van der Waals surface area (Å²) in [5.41, 5.74) is 1.02. The number of carbonyl (C=O) groups is 2. The van der Waals surface area contributed by atoms with Gasteiger partial charge in [0.05, 0.1) is 28.7 Å². The van der Waals surface area contributed by atoms with Gasteiger partial charge < -0.3 is 15.4 Å². The molecule has 0 unspecified atom stereocenters. The summed E-state index contributed by atoms with van der Waals surface area (Å²) in [5, 5.41) is 10.4. The van der Waals surface area contributed by atoms with Gasteiger partial charge in [0.25, 0.3) is 0 Å². The van der Waals surface area contributed by atoms with E-state index in [1.807, 2.05) is 13.0 Å². The van der Waals surface area contributed by atoms with Gasteiger partial charge in [0.2, 0.25) is 21.8 Å². The van der Waals surface area contributed by atoms with E-state index in [9.17, 15) is 18.0 Å². The molecule has 0 bridgehead atoms. The number of thioether (sulfide) groups is 1. The van der Waals surface area contributed by atoms with Crippen molar-refractivity contribution in [3.63, 3.8) is 0 Å². The number of anilines is 2. The van der Waals surface area contributed by atoms with Crippen molar-refractivity contribution in [2.24, 2.45) is 5.14 Å². The minimum atomic E-state index is -3.77.